The first-order valence-electron chi connectivity index (χ1n) is 5.95. The highest BCUT2D eigenvalue weighted by molar-refractivity contribution is 6.31. The van der Waals surface area contributed by atoms with E-state index in [1.54, 1.807) is 36.9 Å². The van der Waals surface area contributed by atoms with Crippen LogP contribution >= 0.6 is 11.6 Å². The van der Waals surface area contributed by atoms with Gasteiger partial charge in [-0.25, -0.2) is 0 Å². The quantitative estimate of drug-likeness (QED) is 0.923. The minimum absolute atomic E-state index is 0.251. The predicted octanol–water partition coefficient (Wildman–Crippen LogP) is 2.81. The second-order valence-electron chi connectivity index (χ2n) is 4.43. The lowest BCUT2D eigenvalue weighted by atomic mass is 10.1. The lowest BCUT2D eigenvalue weighted by Gasteiger charge is -2.06. The summed E-state index contributed by atoms with van der Waals surface area (Å²) in [6, 6.07) is 6.76. The van der Waals surface area contributed by atoms with E-state index in [0.29, 0.717) is 27.5 Å². The van der Waals surface area contributed by atoms with Gasteiger partial charge in [0.05, 0.1) is 21.8 Å². The lowest BCUT2D eigenvalue weighted by molar-refractivity contribution is 0.102. The van der Waals surface area contributed by atoms with Crippen molar-refractivity contribution >= 4 is 23.2 Å². The molecule has 102 valence electrons. The van der Waals surface area contributed by atoms with Gasteiger partial charge in [0.25, 0.3) is 5.91 Å². The first-order valence-corrected chi connectivity index (χ1v) is 6.33. The van der Waals surface area contributed by atoms with Crippen molar-refractivity contribution in [2.24, 2.45) is 7.05 Å². The van der Waals surface area contributed by atoms with Gasteiger partial charge in [0.15, 0.2) is 0 Å². The van der Waals surface area contributed by atoms with Crippen LogP contribution in [-0.2, 0) is 7.05 Å². The van der Waals surface area contributed by atoms with Gasteiger partial charge in [-0.2, -0.15) is 10.4 Å². The number of aromatic nitrogens is 2. The molecule has 0 saturated carbocycles. The van der Waals surface area contributed by atoms with Crippen LogP contribution in [0.2, 0.25) is 5.02 Å². The molecule has 5 nitrogen and oxygen atoms in total. The number of aryl methyl sites for hydroxylation is 2. The molecule has 6 heteroatoms. The molecule has 0 saturated heterocycles. The van der Waals surface area contributed by atoms with Crippen LogP contribution in [-0.4, -0.2) is 15.7 Å². The molecule has 0 fully saturated rings. The Labute approximate surface area is 121 Å². The number of anilines is 1. The summed E-state index contributed by atoms with van der Waals surface area (Å²) >= 11 is 5.86. The molecule has 20 heavy (non-hydrogen) atoms. The van der Waals surface area contributed by atoms with Crippen LogP contribution in [0.3, 0.4) is 0 Å². The Hall–Kier alpha value is -2.32. The molecule has 1 aromatic heterocycles. The molecule has 0 bridgehead atoms. The average Bonchev–Trinajstić information content (AvgIpc) is 2.65. The number of halogens is 1. The summed E-state index contributed by atoms with van der Waals surface area (Å²) in [7, 11) is 1.79. The van der Waals surface area contributed by atoms with Gasteiger partial charge < -0.3 is 5.32 Å². The zero-order valence-electron chi connectivity index (χ0n) is 11.4. The van der Waals surface area contributed by atoms with Gasteiger partial charge in [0.2, 0.25) is 0 Å². The van der Waals surface area contributed by atoms with E-state index in [2.05, 4.69) is 10.4 Å². The molecule has 1 heterocycles. The lowest BCUT2D eigenvalue weighted by Crippen LogP contribution is -2.14. The van der Waals surface area contributed by atoms with E-state index >= 15 is 0 Å². The van der Waals surface area contributed by atoms with Crippen LogP contribution in [0.4, 0.5) is 5.69 Å². The van der Waals surface area contributed by atoms with Crippen molar-refractivity contribution in [3.05, 3.63) is 45.7 Å². The Balaban J connectivity index is 2.31. The maximum atomic E-state index is 12.3. The number of carbonyl (C=O) groups excluding carboxylic acids is 1. The highest BCUT2D eigenvalue weighted by Gasteiger charge is 2.17. The van der Waals surface area contributed by atoms with Crippen LogP contribution in [0.15, 0.2) is 18.2 Å². The van der Waals surface area contributed by atoms with Crippen molar-refractivity contribution in [1.29, 1.82) is 5.26 Å². The van der Waals surface area contributed by atoms with E-state index in [-0.39, 0.29) is 5.91 Å². The van der Waals surface area contributed by atoms with Gasteiger partial charge in [-0.1, -0.05) is 11.6 Å². The Kier molecular flexibility index (Phi) is 3.77. The standard InChI is InChI=1S/C14H13ClN4O/c1-8-13(9(2)19(3)18-8)14(20)17-11-4-5-12(15)10(6-11)7-16/h4-6H,1-3H3,(H,17,20). The summed E-state index contributed by atoms with van der Waals surface area (Å²) in [6.45, 7) is 3.61. The molecule has 0 aliphatic carbocycles. The molecule has 0 radical (unpaired) electrons. The van der Waals surface area contributed by atoms with E-state index < -0.39 is 0 Å². The highest BCUT2D eigenvalue weighted by Crippen LogP contribution is 2.21. The van der Waals surface area contributed by atoms with Crippen molar-refractivity contribution in [3.8, 4) is 6.07 Å². The number of nitriles is 1. The number of benzene rings is 1. The fraction of sp³-hybridized carbons (Fsp3) is 0.214. The summed E-state index contributed by atoms with van der Waals surface area (Å²) in [4.78, 5) is 12.3. The van der Waals surface area contributed by atoms with Crippen LogP contribution in [0.25, 0.3) is 0 Å². The minimum Gasteiger partial charge on any atom is -0.322 e. The molecule has 0 spiro atoms. The minimum atomic E-state index is -0.251. The third kappa shape index (κ3) is 2.51. The Morgan fingerprint density at radius 3 is 2.70 bits per heavy atom. The van der Waals surface area contributed by atoms with Crippen molar-refractivity contribution in [2.75, 3.05) is 5.32 Å². The van der Waals surface area contributed by atoms with Crippen molar-refractivity contribution in [2.45, 2.75) is 13.8 Å². The number of rotatable bonds is 2. The molecule has 1 amide bonds. The van der Waals surface area contributed by atoms with E-state index in [0.717, 1.165) is 5.69 Å². The monoisotopic (exact) mass is 288 g/mol. The van der Waals surface area contributed by atoms with Crippen LogP contribution in [0.1, 0.15) is 27.3 Å². The molecule has 2 rings (SSSR count). The summed E-state index contributed by atoms with van der Waals surface area (Å²) in [5, 5.41) is 16.2. The number of hydrogen-bond donors (Lipinski definition) is 1. The zero-order valence-corrected chi connectivity index (χ0v) is 12.1. The Bertz CT molecular complexity index is 728. The van der Waals surface area contributed by atoms with Gasteiger partial charge in [-0.15, -0.1) is 0 Å². The molecule has 2 aromatic rings. The summed E-state index contributed by atoms with van der Waals surface area (Å²) in [6.07, 6.45) is 0. The average molecular weight is 289 g/mol. The van der Waals surface area contributed by atoms with E-state index in [9.17, 15) is 4.79 Å². The van der Waals surface area contributed by atoms with Gasteiger partial charge in [0, 0.05) is 18.4 Å². The largest absolute Gasteiger partial charge is 0.322 e. The van der Waals surface area contributed by atoms with Gasteiger partial charge in [-0.05, 0) is 32.0 Å². The SMILES string of the molecule is Cc1nn(C)c(C)c1C(=O)Nc1ccc(Cl)c(C#N)c1. The van der Waals surface area contributed by atoms with Gasteiger partial charge in [0.1, 0.15) is 6.07 Å². The van der Waals surface area contributed by atoms with Crippen molar-refractivity contribution in [3.63, 3.8) is 0 Å². The van der Waals surface area contributed by atoms with Crippen molar-refractivity contribution < 1.29 is 4.79 Å². The normalized spacial score (nSPS) is 10.2. The number of amides is 1. The first-order chi connectivity index (χ1) is 9.43. The number of nitrogens with zero attached hydrogens (tertiary/aromatic N) is 3. The predicted molar refractivity (Wildman–Crippen MR) is 76.8 cm³/mol. The molecule has 1 aromatic carbocycles. The summed E-state index contributed by atoms with van der Waals surface area (Å²) in [5.41, 5.74) is 2.84. The third-order valence-corrected chi connectivity index (χ3v) is 3.41. The summed E-state index contributed by atoms with van der Waals surface area (Å²) < 4.78 is 1.66. The van der Waals surface area contributed by atoms with Crippen molar-refractivity contribution in [1.82, 2.24) is 9.78 Å². The molecule has 1 N–H and O–H groups in total. The maximum absolute atomic E-state index is 12.3. The molecular formula is C14H13ClN4O. The van der Waals surface area contributed by atoms with E-state index in [1.807, 2.05) is 13.0 Å². The molecule has 0 aliphatic rings. The third-order valence-electron chi connectivity index (χ3n) is 3.08. The van der Waals surface area contributed by atoms with Crippen LogP contribution in [0, 0.1) is 25.2 Å². The number of hydrogen-bond acceptors (Lipinski definition) is 3. The maximum Gasteiger partial charge on any atom is 0.259 e. The van der Waals surface area contributed by atoms with Gasteiger partial charge >= 0.3 is 0 Å². The molecule has 0 atom stereocenters. The number of carbonyl (C=O) groups is 1. The second-order valence-corrected chi connectivity index (χ2v) is 4.84. The van der Waals surface area contributed by atoms with E-state index in [4.69, 9.17) is 16.9 Å². The molecule has 0 unspecified atom stereocenters. The molecule has 0 aliphatic heterocycles. The zero-order chi connectivity index (χ0) is 14.9. The summed E-state index contributed by atoms with van der Waals surface area (Å²) in [5.74, 6) is -0.251. The Morgan fingerprint density at radius 1 is 1.45 bits per heavy atom. The van der Waals surface area contributed by atoms with E-state index in [1.165, 1.54) is 0 Å². The fourth-order valence-electron chi connectivity index (χ4n) is 1.98. The van der Waals surface area contributed by atoms with Crippen LogP contribution < -0.4 is 5.32 Å². The second kappa shape index (κ2) is 5.35. The van der Waals surface area contributed by atoms with Gasteiger partial charge in [-0.3, -0.25) is 9.48 Å². The topological polar surface area (TPSA) is 70.7 Å². The molecular weight excluding hydrogens is 276 g/mol. The Morgan fingerprint density at radius 2 is 2.15 bits per heavy atom. The smallest absolute Gasteiger partial charge is 0.259 e. The first kappa shape index (κ1) is 14.1. The number of nitrogens with one attached hydrogen (secondary N) is 1. The van der Waals surface area contributed by atoms with Crippen LogP contribution in [0.5, 0.6) is 0 Å². The fourth-order valence-corrected chi connectivity index (χ4v) is 2.14. The highest BCUT2D eigenvalue weighted by atomic mass is 35.5.